The number of imidazole rings is 1. The first-order valence-corrected chi connectivity index (χ1v) is 11.0. The van der Waals surface area contributed by atoms with Crippen LogP contribution in [0.25, 0.3) is 0 Å². The molecule has 1 aliphatic carbocycles. The van der Waals surface area contributed by atoms with Gasteiger partial charge in [-0.05, 0) is 30.5 Å². The number of carbonyl (C=O) groups is 2. The number of fused-ring (bicyclic) bond motifs is 1. The summed E-state index contributed by atoms with van der Waals surface area (Å²) in [6.45, 7) is 0. The second-order valence-electron chi connectivity index (χ2n) is 7.51. The molecule has 4 rings (SSSR count). The summed E-state index contributed by atoms with van der Waals surface area (Å²) >= 11 is 1.43. The Morgan fingerprint density at radius 3 is 2.97 bits per heavy atom. The smallest absolute Gasteiger partial charge is 0.230 e. The third kappa shape index (κ3) is 5.12. The van der Waals surface area contributed by atoms with Crippen LogP contribution >= 0.6 is 11.3 Å². The van der Waals surface area contributed by atoms with E-state index in [0.29, 0.717) is 28.4 Å². The fourth-order valence-electron chi connectivity index (χ4n) is 3.66. The van der Waals surface area contributed by atoms with E-state index in [1.54, 1.807) is 30.7 Å². The Morgan fingerprint density at radius 1 is 1.34 bits per heavy atom. The van der Waals surface area contributed by atoms with Gasteiger partial charge >= 0.3 is 0 Å². The van der Waals surface area contributed by atoms with Crippen LogP contribution in [0.5, 0.6) is 5.75 Å². The molecule has 9 nitrogen and oxygen atoms in total. The van der Waals surface area contributed by atoms with Gasteiger partial charge in [0.1, 0.15) is 5.75 Å². The van der Waals surface area contributed by atoms with Gasteiger partial charge in [0.05, 0.1) is 43.6 Å². The number of nitrogens with zero attached hydrogens (tertiary/aromatic N) is 3. The lowest BCUT2D eigenvalue weighted by atomic mass is 9.97. The van der Waals surface area contributed by atoms with E-state index in [1.807, 2.05) is 0 Å². The normalized spacial score (nSPS) is 14.8. The molecule has 1 unspecified atom stereocenters. The summed E-state index contributed by atoms with van der Waals surface area (Å²) in [4.78, 5) is 37.3. The van der Waals surface area contributed by atoms with Gasteiger partial charge in [0.25, 0.3) is 0 Å². The molecule has 1 atom stereocenters. The maximum atomic E-state index is 12.5. The van der Waals surface area contributed by atoms with Crippen molar-refractivity contribution in [2.24, 2.45) is 0 Å². The highest BCUT2D eigenvalue weighted by Crippen LogP contribution is 2.30. The van der Waals surface area contributed by atoms with Crippen molar-refractivity contribution in [1.82, 2.24) is 20.3 Å². The molecular weight excluding hydrogens is 428 g/mol. The molecule has 2 aromatic heterocycles. The highest BCUT2D eigenvalue weighted by molar-refractivity contribution is 7.15. The second kappa shape index (κ2) is 9.62. The summed E-state index contributed by atoms with van der Waals surface area (Å²) in [5, 5.41) is 15.8. The summed E-state index contributed by atoms with van der Waals surface area (Å²) in [5.74, 6) is 0.292. The number of thiazole rings is 1. The van der Waals surface area contributed by atoms with Crippen LogP contribution in [-0.2, 0) is 35.3 Å². The van der Waals surface area contributed by atoms with Crippen LogP contribution in [0.4, 0.5) is 5.13 Å². The van der Waals surface area contributed by atoms with Crippen LogP contribution < -0.4 is 15.4 Å². The van der Waals surface area contributed by atoms with Crippen LogP contribution in [0.3, 0.4) is 0 Å². The van der Waals surface area contributed by atoms with E-state index in [9.17, 15) is 14.9 Å². The molecule has 3 aromatic rings. The standard InChI is InChI=1S/C22H22N6O3S/c1-31-17-4-2-13(14(6-17)10-23)7-20(29)28-22-27-18-5-3-15(8-19(18)32-22)26-21(30)9-16-11-24-12-25-16/h2,4,6,11-12,15H,3,5,7-9H2,1H3,(H,24,25)(H,26,30)(H,27,28,29). The van der Waals surface area contributed by atoms with Crippen molar-refractivity contribution in [2.45, 2.75) is 38.1 Å². The second-order valence-corrected chi connectivity index (χ2v) is 8.59. The Hall–Kier alpha value is -3.71. The molecular formula is C22H22N6O3S. The lowest BCUT2D eigenvalue weighted by molar-refractivity contribution is -0.121. The van der Waals surface area contributed by atoms with E-state index in [2.05, 4.69) is 31.7 Å². The number of anilines is 1. The van der Waals surface area contributed by atoms with Crippen molar-refractivity contribution in [2.75, 3.05) is 12.4 Å². The number of aryl methyl sites for hydroxylation is 1. The Labute approximate surface area is 188 Å². The van der Waals surface area contributed by atoms with Crippen LogP contribution in [0.15, 0.2) is 30.7 Å². The first kappa shape index (κ1) is 21.5. The molecule has 0 fully saturated rings. The number of benzene rings is 1. The van der Waals surface area contributed by atoms with Crippen molar-refractivity contribution in [3.05, 3.63) is 58.1 Å². The van der Waals surface area contributed by atoms with E-state index in [1.165, 1.54) is 18.4 Å². The number of amides is 2. The molecule has 0 radical (unpaired) electrons. The molecule has 1 aromatic carbocycles. The SMILES string of the molecule is COc1ccc(CC(=O)Nc2nc3c(s2)CC(NC(=O)Cc2cnc[nH]2)CC3)c(C#N)c1. The fraction of sp³-hybridized carbons (Fsp3) is 0.318. The van der Waals surface area contributed by atoms with Crippen molar-refractivity contribution in [1.29, 1.82) is 5.26 Å². The van der Waals surface area contributed by atoms with Gasteiger partial charge in [-0.2, -0.15) is 5.26 Å². The zero-order chi connectivity index (χ0) is 22.5. The minimum Gasteiger partial charge on any atom is -0.497 e. The highest BCUT2D eigenvalue weighted by atomic mass is 32.1. The van der Waals surface area contributed by atoms with Crippen molar-refractivity contribution >= 4 is 28.3 Å². The topological polar surface area (TPSA) is 133 Å². The number of methoxy groups -OCH3 is 1. The van der Waals surface area contributed by atoms with Gasteiger partial charge in [-0.3, -0.25) is 9.59 Å². The summed E-state index contributed by atoms with van der Waals surface area (Å²) in [6, 6.07) is 7.21. The van der Waals surface area contributed by atoms with Gasteiger partial charge in [-0.1, -0.05) is 6.07 Å². The average molecular weight is 451 g/mol. The van der Waals surface area contributed by atoms with Gasteiger partial charge in [-0.25, -0.2) is 9.97 Å². The minimum atomic E-state index is -0.234. The van der Waals surface area contributed by atoms with E-state index in [4.69, 9.17) is 4.74 Å². The van der Waals surface area contributed by atoms with E-state index < -0.39 is 0 Å². The monoisotopic (exact) mass is 450 g/mol. The number of H-pyrrole nitrogens is 1. The molecule has 0 bridgehead atoms. The Kier molecular flexibility index (Phi) is 6.47. The molecule has 2 amide bonds. The van der Waals surface area contributed by atoms with Crippen molar-refractivity contribution < 1.29 is 14.3 Å². The number of aromatic amines is 1. The van der Waals surface area contributed by atoms with Crippen LogP contribution in [0.1, 0.15) is 33.8 Å². The van der Waals surface area contributed by atoms with E-state index in [0.717, 1.165) is 29.1 Å². The van der Waals surface area contributed by atoms with Crippen LogP contribution in [0.2, 0.25) is 0 Å². The highest BCUT2D eigenvalue weighted by Gasteiger charge is 2.24. The van der Waals surface area contributed by atoms with E-state index in [-0.39, 0.29) is 30.7 Å². The summed E-state index contributed by atoms with van der Waals surface area (Å²) in [6.07, 6.45) is 5.77. The maximum absolute atomic E-state index is 12.5. The number of nitriles is 1. The van der Waals surface area contributed by atoms with Gasteiger partial charge in [0, 0.05) is 29.2 Å². The molecule has 0 saturated carbocycles. The summed E-state index contributed by atoms with van der Waals surface area (Å²) in [5.41, 5.74) is 2.78. The first-order chi connectivity index (χ1) is 15.5. The lowest BCUT2D eigenvalue weighted by Crippen LogP contribution is -2.39. The fourth-order valence-corrected chi connectivity index (χ4v) is 4.77. The number of hydrogen-bond donors (Lipinski definition) is 3. The lowest BCUT2D eigenvalue weighted by Gasteiger charge is -2.22. The van der Waals surface area contributed by atoms with Crippen molar-refractivity contribution in [3.63, 3.8) is 0 Å². The molecule has 164 valence electrons. The zero-order valence-electron chi connectivity index (χ0n) is 17.5. The first-order valence-electron chi connectivity index (χ1n) is 10.2. The molecule has 10 heteroatoms. The van der Waals surface area contributed by atoms with Gasteiger partial charge < -0.3 is 20.4 Å². The predicted octanol–water partition coefficient (Wildman–Crippen LogP) is 2.14. The maximum Gasteiger partial charge on any atom is 0.230 e. The number of ether oxygens (including phenoxy) is 1. The zero-order valence-corrected chi connectivity index (χ0v) is 18.3. The van der Waals surface area contributed by atoms with Crippen LogP contribution in [0, 0.1) is 11.3 Å². The number of aromatic nitrogens is 3. The molecule has 3 N–H and O–H groups in total. The third-order valence-corrected chi connectivity index (χ3v) is 6.28. The molecule has 0 aliphatic heterocycles. The molecule has 2 heterocycles. The van der Waals surface area contributed by atoms with E-state index >= 15 is 0 Å². The average Bonchev–Trinajstić information content (AvgIpc) is 3.42. The molecule has 0 saturated heterocycles. The quantitative estimate of drug-likeness (QED) is 0.505. The largest absolute Gasteiger partial charge is 0.497 e. The number of rotatable bonds is 7. The summed E-state index contributed by atoms with van der Waals surface area (Å²) < 4.78 is 5.13. The van der Waals surface area contributed by atoms with Gasteiger partial charge in [-0.15, -0.1) is 11.3 Å². The number of hydrogen-bond acceptors (Lipinski definition) is 7. The third-order valence-electron chi connectivity index (χ3n) is 5.25. The molecule has 1 aliphatic rings. The number of carbonyl (C=O) groups excluding carboxylic acids is 2. The number of nitrogens with one attached hydrogen (secondary N) is 3. The Balaban J connectivity index is 1.34. The molecule has 32 heavy (non-hydrogen) atoms. The molecule has 0 spiro atoms. The Bertz CT molecular complexity index is 1170. The van der Waals surface area contributed by atoms with Gasteiger partial charge in [0.15, 0.2) is 5.13 Å². The van der Waals surface area contributed by atoms with Gasteiger partial charge in [0.2, 0.25) is 11.8 Å². The minimum absolute atomic E-state index is 0.0411. The van der Waals surface area contributed by atoms with Crippen molar-refractivity contribution in [3.8, 4) is 11.8 Å². The predicted molar refractivity (Wildman–Crippen MR) is 118 cm³/mol. The summed E-state index contributed by atoms with van der Waals surface area (Å²) in [7, 11) is 1.53. The Morgan fingerprint density at radius 2 is 2.22 bits per heavy atom. The van der Waals surface area contributed by atoms with Crippen LogP contribution in [-0.4, -0.2) is 39.9 Å².